The van der Waals surface area contributed by atoms with Crippen LogP contribution in [0.15, 0.2) is 12.1 Å². The number of rotatable bonds is 4. The summed E-state index contributed by atoms with van der Waals surface area (Å²) in [6, 6.07) is 3.57. The smallest absolute Gasteiger partial charge is 0.357 e. The van der Waals surface area contributed by atoms with Crippen LogP contribution < -0.4 is 0 Å². The quantitative estimate of drug-likeness (QED) is 0.621. The molecule has 0 N–H and O–H groups in total. The second-order valence-corrected chi connectivity index (χ2v) is 5.39. The lowest BCUT2D eigenvalue weighted by atomic mass is 9.95. The number of fused-ring (bicyclic) bond motifs is 1. The van der Waals surface area contributed by atoms with Gasteiger partial charge in [0.1, 0.15) is 5.56 Å². The molecule has 0 aliphatic rings. The summed E-state index contributed by atoms with van der Waals surface area (Å²) in [6.45, 7) is 5.38. The number of ether oxygens (including phenoxy) is 3. The van der Waals surface area contributed by atoms with Crippen LogP contribution in [0.4, 0.5) is 0 Å². The average molecular weight is 345 g/mol. The number of pyridine rings is 1. The molecule has 0 saturated heterocycles. The summed E-state index contributed by atoms with van der Waals surface area (Å²) in [4.78, 5) is 41.4. The molecule has 0 saturated carbocycles. The van der Waals surface area contributed by atoms with Crippen LogP contribution in [0.25, 0.3) is 10.9 Å². The lowest BCUT2D eigenvalue weighted by Crippen LogP contribution is -2.21. The number of methoxy groups -OCH3 is 2. The number of aryl methyl sites for hydroxylation is 2. The Morgan fingerprint density at radius 3 is 2.12 bits per heavy atom. The number of esters is 3. The molecule has 0 unspecified atom stereocenters. The normalized spacial score (nSPS) is 10.4. The van der Waals surface area contributed by atoms with Gasteiger partial charge in [0.15, 0.2) is 5.69 Å². The molecule has 25 heavy (non-hydrogen) atoms. The molecule has 7 heteroatoms. The maximum atomic E-state index is 12.4. The van der Waals surface area contributed by atoms with Gasteiger partial charge in [-0.05, 0) is 38.0 Å². The molecule has 0 spiro atoms. The van der Waals surface area contributed by atoms with Crippen molar-refractivity contribution in [3.05, 3.63) is 40.1 Å². The van der Waals surface area contributed by atoms with Crippen molar-refractivity contribution in [1.29, 1.82) is 0 Å². The van der Waals surface area contributed by atoms with Crippen LogP contribution in [0.2, 0.25) is 0 Å². The highest BCUT2D eigenvalue weighted by atomic mass is 16.5. The summed E-state index contributed by atoms with van der Waals surface area (Å²) >= 11 is 0. The summed E-state index contributed by atoms with van der Waals surface area (Å²) < 4.78 is 14.6. The monoisotopic (exact) mass is 345 g/mol. The highest BCUT2D eigenvalue weighted by molar-refractivity contribution is 6.16. The minimum Gasteiger partial charge on any atom is -0.465 e. The number of carbonyl (C=O) groups excluding carboxylic acids is 3. The first kappa shape index (κ1) is 18.4. The van der Waals surface area contributed by atoms with Crippen LogP contribution in [-0.4, -0.2) is 43.7 Å². The molecule has 0 bridgehead atoms. The van der Waals surface area contributed by atoms with Gasteiger partial charge >= 0.3 is 17.9 Å². The second-order valence-electron chi connectivity index (χ2n) is 5.39. The highest BCUT2D eigenvalue weighted by Crippen LogP contribution is 2.29. The van der Waals surface area contributed by atoms with Gasteiger partial charge in [-0.3, -0.25) is 0 Å². The van der Waals surface area contributed by atoms with Gasteiger partial charge < -0.3 is 14.2 Å². The largest absolute Gasteiger partial charge is 0.465 e. The fourth-order valence-electron chi connectivity index (χ4n) is 2.73. The first-order chi connectivity index (χ1) is 11.8. The fourth-order valence-corrected chi connectivity index (χ4v) is 2.73. The zero-order chi connectivity index (χ0) is 18.7. The molecule has 1 aromatic carbocycles. The van der Waals surface area contributed by atoms with Gasteiger partial charge in [-0.2, -0.15) is 0 Å². The summed E-state index contributed by atoms with van der Waals surface area (Å²) in [5.41, 5.74) is 1.43. The van der Waals surface area contributed by atoms with E-state index in [2.05, 4.69) is 4.98 Å². The molecule has 1 aromatic heterocycles. The van der Waals surface area contributed by atoms with Gasteiger partial charge in [0.25, 0.3) is 0 Å². The third kappa shape index (κ3) is 3.31. The molecule has 0 radical (unpaired) electrons. The van der Waals surface area contributed by atoms with Crippen molar-refractivity contribution >= 4 is 28.8 Å². The molecule has 0 aliphatic heterocycles. The Morgan fingerprint density at radius 2 is 1.56 bits per heavy atom. The molecule has 0 fully saturated rings. The zero-order valence-corrected chi connectivity index (χ0v) is 14.8. The van der Waals surface area contributed by atoms with Gasteiger partial charge in [-0.15, -0.1) is 0 Å². The number of nitrogens with zero attached hydrogens (tertiary/aromatic N) is 1. The topological polar surface area (TPSA) is 91.8 Å². The standard InChI is InChI=1S/C18H19NO6/c1-6-25-18(22)15-14(17(21)24-5)13(16(20)23-4)12-10(3)7-9(2)8-11(12)19-15/h7-8H,6H2,1-5H3. The maximum Gasteiger partial charge on any atom is 0.357 e. The van der Waals surface area contributed by atoms with Crippen LogP contribution in [0.5, 0.6) is 0 Å². The van der Waals surface area contributed by atoms with Crippen LogP contribution >= 0.6 is 0 Å². The van der Waals surface area contributed by atoms with Crippen molar-refractivity contribution in [2.75, 3.05) is 20.8 Å². The van der Waals surface area contributed by atoms with Gasteiger partial charge in [0.2, 0.25) is 0 Å². The van der Waals surface area contributed by atoms with Crippen LogP contribution in [0, 0.1) is 13.8 Å². The minimum absolute atomic E-state index is 0.0556. The average Bonchev–Trinajstić information content (AvgIpc) is 2.58. The Bertz CT molecular complexity index is 872. The number of benzene rings is 1. The number of aromatic nitrogens is 1. The van der Waals surface area contributed by atoms with Crippen molar-refractivity contribution in [1.82, 2.24) is 4.98 Å². The van der Waals surface area contributed by atoms with E-state index in [0.29, 0.717) is 10.9 Å². The Hall–Kier alpha value is -2.96. The zero-order valence-electron chi connectivity index (χ0n) is 14.8. The first-order valence-electron chi connectivity index (χ1n) is 7.64. The molecule has 1 heterocycles. The van der Waals surface area contributed by atoms with Crippen molar-refractivity contribution in [2.24, 2.45) is 0 Å². The first-order valence-corrected chi connectivity index (χ1v) is 7.64. The predicted octanol–water partition coefficient (Wildman–Crippen LogP) is 2.60. The molecule has 2 aromatic rings. The molecule has 132 valence electrons. The molecular formula is C18H19NO6. The minimum atomic E-state index is -0.863. The van der Waals surface area contributed by atoms with Gasteiger partial charge in [0.05, 0.1) is 31.9 Å². The third-order valence-corrected chi connectivity index (χ3v) is 3.68. The van der Waals surface area contributed by atoms with Crippen LogP contribution in [0.1, 0.15) is 49.3 Å². The van der Waals surface area contributed by atoms with E-state index >= 15 is 0 Å². The molecular weight excluding hydrogens is 326 g/mol. The van der Waals surface area contributed by atoms with E-state index < -0.39 is 17.9 Å². The van der Waals surface area contributed by atoms with E-state index in [-0.39, 0.29) is 23.4 Å². The van der Waals surface area contributed by atoms with E-state index in [1.807, 2.05) is 13.0 Å². The predicted molar refractivity (Wildman–Crippen MR) is 89.9 cm³/mol. The molecule has 0 aliphatic carbocycles. The second kappa shape index (κ2) is 7.29. The SMILES string of the molecule is CCOC(=O)c1nc2cc(C)cc(C)c2c(C(=O)OC)c1C(=O)OC. The molecule has 2 rings (SSSR count). The lowest BCUT2D eigenvalue weighted by Gasteiger charge is -2.15. The van der Waals surface area contributed by atoms with E-state index in [4.69, 9.17) is 14.2 Å². The van der Waals surface area contributed by atoms with Gasteiger partial charge in [0, 0.05) is 5.39 Å². The van der Waals surface area contributed by atoms with E-state index in [9.17, 15) is 14.4 Å². The molecule has 7 nitrogen and oxygen atoms in total. The van der Waals surface area contributed by atoms with E-state index in [1.165, 1.54) is 7.11 Å². The summed E-state index contributed by atoms with van der Waals surface area (Å²) in [5, 5.41) is 0.436. The molecule has 0 amide bonds. The fraction of sp³-hybridized carbons (Fsp3) is 0.333. The van der Waals surface area contributed by atoms with Crippen LogP contribution in [-0.2, 0) is 14.2 Å². The number of hydrogen-bond donors (Lipinski definition) is 0. The van der Waals surface area contributed by atoms with E-state index in [0.717, 1.165) is 18.2 Å². The van der Waals surface area contributed by atoms with Gasteiger partial charge in [-0.25, -0.2) is 19.4 Å². The Kier molecular flexibility index (Phi) is 5.36. The van der Waals surface area contributed by atoms with Crippen molar-refractivity contribution < 1.29 is 28.6 Å². The highest BCUT2D eigenvalue weighted by Gasteiger charge is 2.31. The van der Waals surface area contributed by atoms with Crippen molar-refractivity contribution in [3.63, 3.8) is 0 Å². The summed E-state index contributed by atoms with van der Waals surface area (Å²) in [6.07, 6.45) is 0. The van der Waals surface area contributed by atoms with Crippen molar-refractivity contribution in [2.45, 2.75) is 20.8 Å². The van der Waals surface area contributed by atoms with Crippen LogP contribution in [0.3, 0.4) is 0 Å². The number of carbonyl (C=O) groups is 3. The Balaban J connectivity index is 3.03. The van der Waals surface area contributed by atoms with E-state index in [1.54, 1.807) is 19.9 Å². The maximum absolute atomic E-state index is 12.4. The van der Waals surface area contributed by atoms with Gasteiger partial charge in [-0.1, -0.05) is 6.07 Å². The third-order valence-electron chi connectivity index (χ3n) is 3.68. The number of hydrogen-bond acceptors (Lipinski definition) is 7. The van der Waals surface area contributed by atoms with Crippen molar-refractivity contribution in [3.8, 4) is 0 Å². The lowest BCUT2D eigenvalue weighted by molar-refractivity contribution is 0.0493. The molecule has 0 atom stereocenters. The Morgan fingerprint density at radius 1 is 0.960 bits per heavy atom. The summed E-state index contributed by atoms with van der Waals surface area (Å²) in [5.74, 6) is -2.43. The summed E-state index contributed by atoms with van der Waals surface area (Å²) in [7, 11) is 2.35. The Labute approximate surface area is 144 Å².